The van der Waals surface area contributed by atoms with E-state index in [2.05, 4.69) is 17.2 Å². The number of nitrogens with zero attached hydrogens (tertiary/aromatic N) is 3. The van der Waals surface area contributed by atoms with Gasteiger partial charge in [-0.05, 0) is 30.4 Å². The summed E-state index contributed by atoms with van der Waals surface area (Å²) < 4.78 is 1.69. The van der Waals surface area contributed by atoms with Crippen LogP contribution in [0.1, 0.15) is 36.9 Å². The molecule has 25 heavy (non-hydrogen) atoms. The van der Waals surface area contributed by atoms with E-state index in [1.807, 2.05) is 24.0 Å². The molecule has 0 aliphatic heterocycles. The van der Waals surface area contributed by atoms with Crippen molar-refractivity contribution in [2.24, 2.45) is 5.92 Å². The van der Waals surface area contributed by atoms with Gasteiger partial charge in [-0.25, -0.2) is 0 Å². The lowest BCUT2D eigenvalue weighted by molar-refractivity contribution is -0.139. The topological polar surface area (TPSA) is 58.4 Å². The zero-order chi connectivity index (χ0) is 17.8. The van der Waals surface area contributed by atoms with Gasteiger partial charge in [-0.15, -0.1) is 0 Å². The standard InChI is InChI=1S/C19H24ClN3O2/c1-14(12-22-13-16(20)11-21-22)19(25)23(9-10-24)18-8-4-6-15-5-2-3-7-17(15)18/h2-3,5,7,11,13-14,18,24H,4,6,8-10,12H2,1H3/t14-,18-/m0/s1. The van der Waals surface area contributed by atoms with Gasteiger partial charge < -0.3 is 10.0 Å². The Bertz CT molecular complexity index is 731. The average Bonchev–Trinajstić information content (AvgIpc) is 3.03. The van der Waals surface area contributed by atoms with Gasteiger partial charge in [-0.3, -0.25) is 9.48 Å². The van der Waals surface area contributed by atoms with Crippen molar-refractivity contribution >= 4 is 17.5 Å². The molecule has 1 aromatic heterocycles. The van der Waals surface area contributed by atoms with Crippen molar-refractivity contribution < 1.29 is 9.90 Å². The Balaban J connectivity index is 1.79. The number of carbonyl (C=O) groups excluding carboxylic acids is 1. The Labute approximate surface area is 153 Å². The zero-order valence-electron chi connectivity index (χ0n) is 14.4. The normalized spacial score (nSPS) is 17.8. The van der Waals surface area contributed by atoms with E-state index in [9.17, 15) is 9.90 Å². The molecule has 0 saturated carbocycles. The minimum Gasteiger partial charge on any atom is -0.395 e. The number of carbonyl (C=O) groups is 1. The van der Waals surface area contributed by atoms with E-state index in [0.717, 1.165) is 19.3 Å². The summed E-state index contributed by atoms with van der Waals surface area (Å²) in [5, 5.41) is 14.2. The van der Waals surface area contributed by atoms with Crippen molar-refractivity contribution in [3.63, 3.8) is 0 Å². The molecule has 134 valence electrons. The van der Waals surface area contributed by atoms with E-state index in [4.69, 9.17) is 11.6 Å². The number of halogens is 1. The third kappa shape index (κ3) is 4.05. The van der Waals surface area contributed by atoms with Crippen LogP contribution in [0, 0.1) is 5.92 Å². The number of benzene rings is 1. The third-order valence-corrected chi connectivity index (χ3v) is 5.02. The van der Waals surface area contributed by atoms with Crippen LogP contribution in [0.4, 0.5) is 0 Å². The molecule has 6 heteroatoms. The molecule has 1 amide bonds. The van der Waals surface area contributed by atoms with Gasteiger partial charge in [0.15, 0.2) is 0 Å². The molecule has 1 N–H and O–H groups in total. The van der Waals surface area contributed by atoms with Crippen LogP contribution < -0.4 is 0 Å². The van der Waals surface area contributed by atoms with E-state index in [1.54, 1.807) is 17.1 Å². The number of hydrogen-bond acceptors (Lipinski definition) is 3. The summed E-state index contributed by atoms with van der Waals surface area (Å²) in [7, 11) is 0. The van der Waals surface area contributed by atoms with Crippen LogP contribution >= 0.6 is 11.6 Å². The highest BCUT2D eigenvalue weighted by Crippen LogP contribution is 2.35. The van der Waals surface area contributed by atoms with Crippen molar-refractivity contribution in [3.8, 4) is 0 Å². The van der Waals surface area contributed by atoms with E-state index >= 15 is 0 Å². The van der Waals surface area contributed by atoms with Crippen LogP contribution in [-0.4, -0.2) is 38.8 Å². The molecule has 5 nitrogen and oxygen atoms in total. The molecule has 0 unspecified atom stereocenters. The van der Waals surface area contributed by atoms with Crippen molar-refractivity contribution in [3.05, 3.63) is 52.8 Å². The van der Waals surface area contributed by atoms with E-state index in [0.29, 0.717) is 18.1 Å². The van der Waals surface area contributed by atoms with E-state index in [-0.39, 0.29) is 24.5 Å². The maximum absolute atomic E-state index is 13.1. The Hall–Kier alpha value is -1.85. The van der Waals surface area contributed by atoms with Crippen molar-refractivity contribution in [2.75, 3.05) is 13.2 Å². The lowest BCUT2D eigenvalue weighted by Gasteiger charge is -2.37. The molecule has 1 aromatic carbocycles. The molecule has 0 saturated heterocycles. The van der Waals surface area contributed by atoms with Crippen molar-refractivity contribution in [1.82, 2.24) is 14.7 Å². The summed E-state index contributed by atoms with van der Waals surface area (Å²) in [6.07, 6.45) is 6.33. The molecular weight excluding hydrogens is 338 g/mol. The molecule has 0 fully saturated rings. The number of fused-ring (bicyclic) bond motifs is 1. The third-order valence-electron chi connectivity index (χ3n) is 4.82. The smallest absolute Gasteiger partial charge is 0.227 e. The molecular formula is C19H24ClN3O2. The molecule has 3 rings (SSSR count). The van der Waals surface area contributed by atoms with Crippen LogP contribution in [0.15, 0.2) is 36.7 Å². The lowest BCUT2D eigenvalue weighted by atomic mass is 9.86. The van der Waals surface area contributed by atoms with Crippen LogP contribution in [-0.2, 0) is 17.8 Å². The first-order chi connectivity index (χ1) is 12.1. The number of aryl methyl sites for hydroxylation is 1. The van der Waals surface area contributed by atoms with Gasteiger partial charge in [0, 0.05) is 12.7 Å². The number of aliphatic hydroxyl groups is 1. The number of rotatable bonds is 6. The molecule has 1 heterocycles. The first kappa shape index (κ1) is 18.0. The molecule has 2 aromatic rings. The van der Waals surface area contributed by atoms with Gasteiger partial charge in [0.25, 0.3) is 0 Å². The van der Waals surface area contributed by atoms with Crippen LogP contribution in [0.2, 0.25) is 5.02 Å². The summed E-state index contributed by atoms with van der Waals surface area (Å²) in [6.45, 7) is 2.69. The van der Waals surface area contributed by atoms with Gasteiger partial charge in [-0.2, -0.15) is 5.10 Å². The van der Waals surface area contributed by atoms with E-state index < -0.39 is 0 Å². The number of aliphatic hydroxyl groups excluding tert-OH is 1. The fourth-order valence-electron chi connectivity index (χ4n) is 3.66. The van der Waals surface area contributed by atoms with Crippen LogP contribution in [0.5, 0.6) is 0 Å². The molecule has 1 aliphatic rings. The first-order valence-electron chi connectivity index (χ1n) is 8.77. The second kappa shape index (κ2) is 8.02. The first-order valence-corrected chi connectivity index (χ1v) is 9.15. The predicted octanol–water partition coefficient (Wildman–Crippen LogP) is 3.07. The average molecular weight is 362 g/mol. The zero-order valence-corrected chi connectivity index (χ0v) is 15.2. The molecule has 1 aliphatic carbocycles. The van der Waals surface area contributed by atoms with E-state index in [1.165, 1.54) is 11.1 Å². The van der Waals surface area contributed by atoms with Crippen LogP contribution in [0.3, 0.4) is 0 Å². The molecule has 2 atom stereocenters. The second-order valence-corrected chi connectivity index (χ2v) is 7.08. The summed E-state index contributed by atoms with van der Waals surface area (Å²) in [4.78, 5) is 14.9. The predicted molar refractivity (Wildman–Crippen MR) is 97.3 cm³/mol. The summed E-state index contributed by atoms with van der Waals surface area (Å²) in [6, 6.07) is 8.35. The Morgan fingerprint density at radius 2 is 2.28 bits per heavy atom. The quantitative estimate of drug-likeness (QED) is 0.860. The van der Waals surface area contributed by atoms with Gasteiger partial charge >= 0.3 is 0 Å². The second-order valence-electron chi connectivity index (χ2n) is 6.64. The van der Waals surface area contributed by atoms with Crippen molar-refractivity contribution in [2.45, 2.75) is 38.8 Å². The molecule has 0 bridgehead atoms. The van der Waals surface area contributed by atoms with Gasteiger partial charge in [0.05, 0.1) is 36.3 Å². The minimum atomic E-state index is -0.239. The van der Waals surface area contributed by atoms with Crippen molar-refractivity contribution in [1.29, 1.82) is 0 Å². The number of amides is 1. The summed E-state index contributed by atoms with van der Waals surface area (Å²) in [5.41, 5.74) is 2.52. The van der Waals surface area contributed by atoms with Crippen LogP contribution in [0.25, 0.3) is 0 Å². The Morgan fingerprint density at radius 1 is 1.48 bits per heavy atom. The molecule has 0 radical (unpaired) electrons. The number of hydrogen-bond donors (Lipinski definition) is 1. The highest BCUT2D eigenvalue weighted by molar-refractivity contribution is 6.30. The number of aromatic nitrogens is 2. The highest BCUT2D eigenvalue weighted by atomic mass is 35.5. The maximum atomic E-state index is 13.1. The van der Waals surface area contributed by atoms with Gasteiger partial charge in [0.2, 0.25) is 5.91 Å². The summed E-state index contributed by atoms with van der Waals surface area (Å²) >= 11 is 5.90. The largest absolute Gasteiger partial charge is 0.395 e. The monoisotopic (exact) mass is 361 g/mol. The fraction of sp³-hybridized carbons (Fsp3) is 0.474. The van der Waals surface area contributed by atoms with Gasteiger partial charge in [0.1, 0.15) is 0 Å². The Kier molecular flexibility index (Phi) is 5.76. The van der Waals surface area contributed by atoms with Gasteiger partial charge in [-0.1, -0.05) is 42.8 Å². The highest BCUT2D eigenvalue weighted by Gasteiger charge is 2.31. The lowest BCUT2D eigenvalue weighted by Crippen LogP contribution is -2.42. The maximum Gasteiger partial charge on any atom is 0.227 e. The molecule has 0 spiro atoms. The summed E-state index contributed by atoms with van der Waals surface area (Å²) in [5.74, 6) is -0.195. The minimum absolute atomic E-state index is 0.0354. The Morgan fingerprint density at radius 3 is 3.00 bits per heavy atom. The SMILES string of the molecule is C[C@@H](Cn1cc(Cl)cn1)C(=O)N(CCO)[C@H]1CCCc2ccccc21. The fourth-order valence-corrected chi connectivity index (χ4v) is 3.82.